The zero-order chi connectivity index (χ0) is 15.0. The van der Waals surface area contributed by atoms with Crippen LogP contribution in [0.2, 0.25) is 0 Å². The van der Waals surface area contributed by atoms with Crippen LogP contribution in [0.3, 0.4) is 0 Å². The van der Waals surface area contributed by atoms with E-state index in [0.717, 1.165) is 23.3 Å². The molecular weight excluding hydrogens is 368 g/mol. The SMILES string of the molecule is CN(C)CCn1ncc(Br)c1C(N)c1cc2sccc2s1. The highest BCUT2D eigenvalue weighted by Gasteiger charge is 2.20. The predicted octanol–water partition coefficient (Wildman–Crippen LogP) is 3.53. The van der Waals surface area contributed by atoms with Crippen LogP contribution in [0.25, 0.3) is 9.40 Å². The van der Waals surface area contributed by atoms with E-state index in [1.807, 2.05) is 10.9 Å². The van der Waals surface area contributed by atoms with Gasteiger partial charge in [-0.15, -0.1) is 22.7 Å². The third kappa shape index (κ3) is 3.07. The average molecular weight is 385 g/mol. The third-order valence-electron chi connectivity index (χ3n) is 3.35. The van der Waals surface area contributed by atoms with E-state index in [9.17, 15) is 0 Å². The van der Waals surface area contributed by atoms with Gasteiger partial charge in [-0.25, -0.2) is 0 Å². The van der Waals surface area contributed by atoms with Crippen LogP contribution in [-0.2, 0) is 6.54 Å². The first-order valence-corrected chi connectivity index (χ1v) is 9.13. The minimum Gasteiger partial charge on any atom is -0.318 e. The van der Waals surface area contributed by atoms with Crippen molar-refractivity contribution < 1.29 is 0 Å². The molecule has 7 heteroatoms. The van der Waals surface area contributed by atoms with Gasteiger partial charge in [0, 0.05) is 20.8 Å². The number of hydrogen-bond donors (Lipinski definition) is 1. The van der Waals surface area contributed by atoms with Crippen molar-refractivity contribution in [1.29, 1.82) is 0 Å². The lowest BCUT2D eigenvalue weighted by Gasteiger charge is -2.16. The Morgan fingerprint density at radius 3 is 2.95 bits per heavy atom. The molecule has 0 aliphatic rings. The average Bonchev–Trinajstić information content (AvgIpc) is 3.09. The van der Waals surface area contributed by atoms with Crippen molar-refractivity contribution in [1.82, 2.24) is 14.7 Å². The molecule has 3 heterocycles. The van der Waals surface area contributed by atoms with Crippen molar-refractivity contribution >= 4 is 48.0 Å². The number of hydrogen-bond acceptors (Lipinski definition) is 5. The Morgan fingerprint density at radius 2 is 2.24 bits per heavy atom. The Hall–Kier alpha value is -0.730. The van der Waals surface area contributed by atoms with Gasteiger partial charge in [0.25, 0.3) is 0 Å². The zero-order valence-corrected chi connectivity index (χ0v) is 15.1. The molecule has 0 radical (unpaired) electrons. The summed E-state index contributed by atoms with van der Waals surface area (Å²) < 4.78 is 5.59. The van der Waals surface area contributed by atoms with Crippen LogP contribution in [0.1, 0.15) is 16.6 Å². The second kappa shape index (κ2) is 6.18. The van der Waals surface area contributed by atoms with Gasteiger partial charge in [0.1, 0.15) is 0 Å². The van der Waals surface area contributed by atoms with Gasteiger partial charge < -0.3 is 10.6 Å². The largest absolute Gasteiger partial charge is 0.318 e. The normalized spacial score (nSPS) is 13.4. The Kier molecular flexibility index (Phi) is 4.46. The molecular formula is C14H17BrN4S2. The quantitative estimate of drug-likeness (QED) is 0.731. The van der Waals surface area contributed by atoms with E-state index in [1.165, 1.54) is 14.3 Å². The van der Waals surface area contributed by atoms with Gasteiger partial charge in [-0.2, -0.15) is 5.10 Å². The van der Waals surface area contributed by atoms with Crippen LogP contribution in [0, 0.1) is 0 Å². The molecule has 0 fully saturated rings. The first kappa shape index (κ1) is 15.2. The van der Waals surface area contributed by atoms with Crippen molar-refractivity contribution in [2.45, 2.75) is 12.6 Å². The summed E-state index contributed by atoms with van der Waals surface area (Å²) in [6, 6.07) is 4.21. The van der Waals surface area contributed by atoms with Crippen LogP contribution in [0.5, 0.6) is 0 Å². The highest BCUT2D eigenvalue weighted by Crippen LogP contribution is 2.36. The second-order valence-corrected chi connectivity index (χ2v) is 8.10. The lowest BCUT2D eigenvalue weighted by atomic mass is 10.2. The van der Waals surface area contributed by atoms with Crippen LogP contribution < -0.4 is 5.73 Å². The van der Waals surface area contributed by atoms with Crippen molar-refractivity contribution in [3.8, 4) is 0 Å². The first-order valence-electron chi connectivity index (χ1n) is 6.64. The smallest absolute Gasteiger partial charge is 0.0829 e. The summed E-state index contributed by atoms with van der Waals surface area (Å²) in [5.41, 5.74) is 7.55. The highest BCUT2D eigenvalue weighted by atomic mass is 79.9. The summed E-state index contributed by atoms with van der Waals surface area (Å²) >= 11 is 7.11. The van der Waals surface area contributed by atoms with Crippen molar-refractivity contribution in [2.75, 3.05) is 20.6 Å². The second-order valence-electron chi connectivity index (χ2n) is 5.18. The summed E-state index contributed by atoms with van der Waals surface area (Å²) in [6.45, 7) is 1.77. The molecule has 0 saturated carbocycles. The molecule has 0 bridgehead atoms. The zero-order valence-electron chi connectivity index (χ0n) is 11.9. The lowest BCUT2D eigenvalue weighted by molar-refractivity contribution is 0.368. The minimum absolute atomic E-state index is 0.145. The van der Waals surface area contributed by atoms with Crippen LogP contribution in [0.15, 0.2) is 28.2 Å². The molecule has 0 aromatic carbocycles. The fourth-order valence-electron chi connectivity index (χ4n) is 2.23. The molecule has 0 aliphatic carbocycles. The van der Waals surface area contributed by atoms with Gasteiger partial charge in [0.2, 0.25) is 0 Å². The van der Waals surface area contributed by atoms with Gasteiger partial charge >= 0.3 is 0 Å². The number of halogens is 1. The fraction of sp³-hybridized carbons (Fsp3) is 0.357. The van der Waals surface area contributed by atoms with Crippen molar-refractivity contribution in [3.63, 3.8) is 0 Å². The standard InChI is InChI=1S/C14H17BrN4S2/c1-18(2)4-5-19-14(9(15)8-17-19)13(16)12-7-11-10(21-12)3-6-20-11/h3,6-8,13H,4-5,16H2,1-2H3. The van der Waals surface area contributed by atoms with E-state index in [4.69, 9.17) is 5.73 Å². The summed E-state index contributed by atoms with van der Waals surface area (Å²) in [5.74, 6) is 0. The third-order valence-corrected chi connectivity index (χ3v) is 6.14. The van der Waals surface area contributed by atoms with Gasteiger partial charge in [-0.3, -0.25) is 4.68 Å². The summed E-state index contributed by atoms with van der Waals surface area (Å²) in [4.78, 5) is 3.33. The molecule has 1 unspecified atom stereocenters. The van der Waals surface area contributed by atoms with E-state index >= 15 is 0 Å². The van der Waals surface area contributed by atoms with Crippen LogP contribution >= 0.6 is 38.6 Å². The van der Waals surface area contributed by atoms with E-state index in [1.54, 1.807) is 22.7 Å². The Morgan fingerprint density at radius 1 is 1.43 bits per heavy atom. The molecule has 1 atom stereocenters. The molecule has 4 nitrogen and oxygen atoms in total. The summed E-state index contributed by atoms with van der Waals surface area (Å²) in [6.07, 6.45) is 1.83. The highest BCUT2D eigenvalue weighted by molar-refractivity contribution is 9.10. The molecule has 3 aromatic heterocycles. The maximum absolute atomic E-state index is 6.50. The van der Waals surface area contributed by atoms with Gasteiger partial charge in [0.05, 0.1) is 29.0 Å². The van der Waals surface area contributed by atoms with Gasteiger partial charge in [-0.05, 0) is 47.5 Å². The summed E-state index contributed by atoms with van der Waals surface area (Å²) in [7, 11) is 4.12. The van der Waals surface area contributed by atoms with Crippen LogP contribution in [-0.4, -0.2) is 35.3 Å². The lowest BCUT2D eigenvalue weighted by Crippen LogP contribution is -2.23. The Bertz CT molecular complexity index is 715. The molecule has 0 spiro atoms. The molecule has 0 amide bonds. The number of nitrogens with two attached hydrogens (primary N) is 1. The number of likely N-dealkylation sites (N-methyl/N-ethyl adjacent to an activating group) is 1. The molecule has 3 rings (SSSR count). The molecule has 3 aromatic rings. The summed E-state index contributed by atoms with van der Waals surface area (Å²) in [5, 5.41) is 6.56. The monoisotopic (exact) mass is 384 g/mol. The van der Waals surface area contributed by atoms with E-state index in [2.05, 4.69) is 57.5 Å². The maximum Gasteiger partial charge on any atom is 0.0829 e. The minimum atomic E-state index is -0.145. The van der Waals surface area contributed by atoms with Crippen molar-refractivity contribution in [2.24, 2.45) is 5.73 Å². The topological polar surface area (TPSA) is 47.1 Å². The molecule has 21 heavy (non-hydrogen) atoms. The van der Waals surface area contributed by atoms with Gasteiger partial charge in [-0.1, -0.05) is 0 Å². The Labute approximate surface area is 140 Å². The van der Waals surface area contributed by atoms with E-state index in [0.29, 0.717) is 0 Å². The van der Waals surface area contributed by atoms with Gasteiger partial charge in [0.15, 0.2) is 0 Å². The van der Waals surface area contributed by atoms with E-state index in [-0.39, 0.29) is 6.04 Å². The molecule has 0 aliphatic heterocycles. The Balaban J connectivity index is 1.91. The maximum atomic E-state index is 6.50. The predicted molar refractivity (Wildman–Crippen MR) is 94.2 cm³/mol. The number of fused-ring (bicyclic) bond motifs is 1. The fourth-order valence-corrected chi connectivity index (χ4v) is 4.89. The number of nitrogens with zero attached hydrogens (tertiary/aromatic N) is 3. The van der Waals surface area contributed by atoms with Crippen molar-refractivity contribution in [3.05, 3.63) is 38.8 Å². The number of aromatic nitrogens is 2. The molecule has 2 N–H and O–H groups in total. The van der Waals surface area contributed by atoms with Crippen LogP contribution in [0.4, 0.5) is 0 Å². The number of rotatable bonds is 5. The molecule has 112 valence electrons. The number of thiophene rings is 2. The molecule has 0 saturated heterocycles. The van der Waals surface area contributed by atoms with E-state index < -0.39 is 0 Å². The first-order chi connectivity index (χ1) is 10.1.